The number of aliphatic carboxylic acids is 2. The van der Waals surface area contributed by atoms with Crippen molar-refractivity contribution in [2.24, 2.45) is 0 Å². The number of fused-ring (bicyclic) bond motifs is 2. The van der Waals surface area contributed by atoms with Crippen molar-refractivity contribution >= 4 is 50.8 Å². The van der Waals surface area contributed by atoms with E-state index in [-0.39, 0.29) is 12.8 Å². The van der Waals surface area contributed by atoms with E-state index in [9.17, 15) is 9.59 Å². The van der Waals surface area contributed by atoms with Crippen LogP contribution in [0.5, 0.6) is 0 Å². The Hall–Kier alpha value is -4.13. The Bertz CT molecular complexity index is 1320. The van der Waals surface area contributed by atoms with Gasteiger partial charge in [0.25, 0.3) is 0 Å². The smallest absolute Gasteiger partial charge is 0.303 e. The molecule has 0 atom stereocenters. The van der Waals surface area contributed by atoms with Gasteiger partial charge in [0.1, 0.15) is 0 Å². The van der Waals surface area contributed by atoms with Crippen LogP contribution >= 0.6 is 0 Å². The van der Waals surface area contributed by atoms with Crippen molar-refractivity contribution in [3.05, 3.63) is 72.3 Å². The number of aryl methyl sites for hydroxylation is 1. The fourth-order valence-corrected chi connectivity index (χ4v) is 4.27. The van der Waals surface area contributed by atoms with Crippen LogP contribution in [0.25, 0.3) is 21.8 Å². The largest absolute Gasteiger partial charge is 0.481 e. The summed E-state index contributed by atoms with van der Waals surface area (Å²) in [5.41, 5.74) is 5.63. The number of para-hydroxylation sites is 2. The van der Waals surface area contributed by atoms with Crippen molar-refractivity contribution in [1.82, 2.24) is 4.98 Å². The molecule has 0 fully saturated rings. The minimum Gasteiger partial charge on any atom is -0.481 e. The minimum atomic E-state index is -0.806. The zero-order chi connectivity index (χ0) is 24.8. The number of hydrogen-bond acceptors (Lipinski definition) is 5. The van der Waals surface area contributed by atoms with Gasteiger partial charge in [-0.2, -0.15) is 0 Å². The number of benzene rings is 3. The topological polar surface area (TPSA) is 103 Å². The predicted octanol–water partition coefficient (Wildman–Crippen LogP) is 5.84. The first-order chi connectivity index (χ1) is 16.9. The van der Waals surface area contributed by atoms with Crippen molar-refractivity contribution in [2.75, 3.05) is 23.8 Å². The zero-order valence-corrected chi connectivity index (χ0v) is 19.7. The lowest BCUT2D eigenvalue weighted by atomic mass is 10.0. The summed E-state index contributed by atoms with van der Waals surface area (Å²) >= 11 is 0. The SMILES string of the molecule is CN(CCCC(=O)O)c1cc(CCCC(=O)O)cc(Nc2c3ccccc3nc3ccccc23)c1. The summed E-state index contributed by atoms with van der Waals surface area (Å²) in [5, 5.41) is 23.7. The number of carboxylic acid groups (broad SMARTS) is 2. The van der Waals surface area contributed by atoms with Gasteiger partial charge in [0, 0.05) is 48.6 Å². The highest BCUT2D eigenvalue weighted by Gasteiger charge is 2.12. The van der Waals surface area contributed by atoms with E-state index in [0.29, 0.717) is 25.8 Å². The second-order valence-corrected chi connectivity index (χ2v) is 8.70. The molecule has 1 aromatic heterocycles. The average molecular weight is 472 g/mol. The Balaban J connectivity index is 1.72. The molecule has 0 radical (unpaired) electrons. The molecule has 0 spiro atoms. The molecule has 0 saturated carbocycles. The van der Waals surface area contributed by atoms with E-state index in [0.717, 1.165) is 44.4 Å². The van der Waals surface area contributed by atoms with Gasteiger partial charge in [0.2, 0.25) is 0 Å². The highest BCUT2D eigenvalue weighted by Crippen LogP contribution is 2.34. The van der Waals surface area contributed by atoms with Gasteiger partial charge in [-0.3, -0.25) is 9.59 Å². The fraction of sp³-hybridized carbons (Fsp3) is 0.250. The Morgan fingerprint density at radius 3 is 2.09 bits per heavy atom. The maximum absolute atomic E-state index is 11.0. The predicted molar refractivity (Wildman–Crippen MR) is 140 cm³/mol. The molecule has 0 amide bonds. The maximum Gasteiger partial charge on any atom is 0.303 e. The summed E-state index contributed by atoms with van der Waals surface area (Å²) in [6.45, 7) is 0.603. The molecule has 7 heteroatoms. The Morgan fingerprint density at radius 2 is 1.46 bits per heavy atom. The van der Waals surface area contributed by atoms with Crippen LogP contribution in [0.2, 0.25) is 0 Å². The summed E-state index contributed by atoms with van der Waals surface area (Å²) in [6.07, 6.45) is 1.94. The van der Waals surface area contributed by atoms with E-state index in [1.807, 2.05) is 66.5 Å². The van der Waals surface area contributed by atoms with Crippen LogP contribution in [0.3, 0.4) is 0 Å². The van der Waals surface area contributed by atoms with Crippen LogP contribution in [-0.2, 0) is 16.0 Å². The van der Waals surface area contributed by atoms with Crippen molar-refractivity contribution < 1.29 is 19.8 Å². The molecule has 0 aliphatic heterocycles. The molecule has 35 heavy (non-hydrogen) atoms. The van der Waals surface area contributed by atoms with Gasteiger partial charge >= 0.3 is 11.9 Å². The molecule has 4 rings (SSSR count). The lowest BCUT2D eigenvalue weighted by molar-refractivity contribution is -0.138. The molecule has 0 saturated heterocycles. The van der Waals surface area contributed by atoms with Crippen LogP contribution < -0.4 is 10.2 Å². The van der Waals surface area contributed by atoms with Crippen LogP contribution in [0, 0.1) is 0 Å². The molecule has 3 aromatic carbocycles. The first-order valence-corrected chi connectivity index (χ1v) is 11.7. The normalized spacial score (nSPS) is 11.0. The summed E-state index contributed by atoms with van der Waals surface area (Å²) in [4.78, 5) is 28.8. The Morgan fingerprint density at radius 1 is 0.857 bits per heavy atom. The second-order valence-electron chi connectivity index (χ2n) is 8.70. The van der Waals surface area contributed by atoms with Gasteiger partial charge in [0.15, 0.2) is 0 Å². The molecule has 0 aliphatic carbocycles. The summed E-state index contributed by atoms with van der Waals surface area (Å²) in [5.74, 6) is -1.61. The Kier molecular flexibility index (Phi) is 7.45. The highest BCUT2D eigenvalue weighted by atomic mass is 16.4. The third kappa shape index (κ3) is 6.06. The van der Waals surface area contributed by atoms with Crippen LogP contribution in [-0.4, -0.2) is 40.7 Å². The number of nitrogens with zero attached hydrogens (tertiary/aromatic N) is 2. The van der Waals surface area contributed by atoms with Crippen molar-refractivity contribution in [3.8, 4) is 0 Å². The van der Waals surface area contributed by atoms with Gasteiger partial charge in [-0.05, 0) is 55.2 Å². The van der Waals surface area contributed by atoms with Crippen LogP contribution in [0.15, 0.2) is 66.7 Å². The highest BCUT2D eigenvalue weighted by molar-refractivity contribution is 6.08. The van der Waals surface area contributed by atoms with Gasteiger partial charge < -0.3 is 20.4 Å². The molecule has 180 valence electrons. The summed E-state index contributed by atoms with van der Waals surface area (Å²) in [6, 6.07) is 22.2. The quantitative estimate of drug-likeness (QED) is 0.236. The Labute approximate surface area is 204 Å². The lowest BCUT2D eigenvalue weighted by Gasteiger charge is -2.22. The van der Waals surface area contributed by atoms with Gasteiger partial charge in [-0.15, -0.1) is 0 Å². The van der Waals surface area contributed by atoms with Gasteiger partial charge in [-0.25, -0.2) is 4.98 Å². The number of carbonyl (C=O) groups is 2. The molecule has 1 heterocycles. The lowest BCUT2D eigenvalue weighted by Crippen LogP contribution is -2.19. The number of hydrogen-bond donors (Lipinski definition) is 3. The third-order valence-electron chi connectivity index (χ3n) is 6.02. The van der Waals surface area contributed by atoms with E-state index >= 15 is 0 Å². The number of carboxylic acids is 2. The number of pyridine rings is 1. The van der Waals surface area contributed by atoms with E-state index in [1.165, 1.54) is 0 Å². The fourth-order valence-electron chi connectivity index (χ4n) is 4.27. The van der Waals surface area contributed by atoms with Gasteiger partial charge in [0.05, 0.1) is 16.7 Å². The molecular weight excluding hydrogens is 442 g/mol. The second kappa shape index (κ2) is 10.9. The van der Waals surface area contributed by atoms with Crippen molar-refractivity contribution in [1.29, 1.82) is 0 Å². The molecular formula is C28H29N3O4. The zero-order valence-electron chi connectivity index (χ0n) is 19.7. The first-order valence-electron chi connectivity index (χ1n) is 11.7. The van der Waals surface area contributed by atoms with Crippen molar-refractivity contribution in [2.45, 2.75) is 32.1 Å². The number of nitrogens with one attached hydrogen (secondary N) is 1. The maximum atomic E-state index is 11.0. The molecule has 0 unspecified atom stereocenters. The van der Waals surface area contributed by atoms with E-state index in [4.69, 9.17) is 15.2 Å². The van der Waals surface area contributed by atoms with E-state index in [2.05, 4.69) is 17.4 Å². The molecule has 7 nitrogen and oxygen atoms in total. The molecule has 4 aromatic rings. The molecule has 3 N–H and O–H groups in total. The monoisotopic (exact) mass is 471 g/mol. The minimum absolute atomic E-state index is 0.112. The number of aromatic nitrogens is 1. The molecule has 0 aliphatic rings. The van der Waals surface area contributed by atoms with E-state index in [1.54, 1.807) is 0 Å². The number of anilines is 3. The standard InChI is InChI=1S/C28H29N3O4/c1-31(15-7-14-27(34)35)21-17-19(8-6-13-26(32)33)16-20(18-21)29-28-22-9-2-4-11-24(22)30-25-12-5-3-10-23(25)28/h2-5,9-12,16-18H,6-8,13-15H2,1H3,(H,29,30)(H,32,33)(H,34,35). The third-order valence-corrected chi connectivity index (χ3v) is 6.02. The van der Waals surface area contributed by atoms with Crippen LogP contribution in [0.1, 0.15) is 31.2 Å². The van der Waals surface area contributed by atoms with Crippen molar-refractivity contribution in [3.63, 3.8) is 0 Å². The van der Waals surface area contributed by atoms with Gasteiger partial charge in [-0.1, -0.05) is 36.4 Å². The summed E-state index contributed by atoms with van der Waals surface area (Å²) < 4.78 is 0. The summed E-state index contributed by atoms with van der Waals surface area (Å²) in [7, 11) is 1.94. The number of rotatable bonds is 11. The average Bonchev–Trinajstić information content (AvgIpc) is 2.83. The molecule has 0 bridgehead atoms. The first kappa shape index (κ1) is 24.0. The van der Waals surface area contributed by atoms with E-state index < -0.39 is 11.9 Å². The van der Waals surface area contributed by atoms with Crippen LogP contribution in [0.4, 0.5) is 17.1 Å².